The van der Waals surface area contributed by atoms with E-state index >= 15 is 0 Å². The average Bonchev–Trinajstić information content (AvgIpc) is 2.32. The third kappa shape index (κ3) is 2.84. The van der Waals surface area contributed by atoms with Gasteiger partial charge < -0.3 is 20.5 Å². The van der Waals surface area contributed by atoms with Crippen LogP contribution in [0.3, 0.4) is 0 Å². The molecule has 1 aliphatic rings. The minimum absolute atomic E-state index is 0.105. The molecule has 3 N–H and O–H groups in total. The van der Waals surface area contributed by atoms with Crippen molar-refractivity contribution in [2.45, 2.75) is 13.0 Å². The summed E-state index contributed by atoms with van der Waals surface area (Å²) in [7, 11) is 0. The van der Waals surface area contributed by atoms with E-state index in [2.05, 4.69) is 10.3 Å². The van der Waals surface area contributed by atoms with Gasteiger partial charge in [-0.15, -0.1) is 0 Å². The topological polar surface area (TPSA) is 69.4 Å². The summed E-state index contributed by atoms with van der Waals surface area (Å²) in [5, 5.41) is 3.21. The number of anilines is 2. The lowest BCUT2D eigenvalue weighted by Crippen LogP contribution is -2.34. The summed E-state index contributed by atoms with van der Waals surface area (Å²) >= 11 is 0. The van der Waals surface area contributed by atoms with Gasteiger partial charge in [0.25, 0.3) is 0 Å². The average molecular weight is 223 g/mol. The van der Waals surface area contributed by atoms with Crippen LogP contribution in [0.25, 0.3) is 0 Å². The molecule has 0 aromatic carbocycles. The molecule has 1 unspecified atom stereocenters. The molecule has 0 amide bonds. The molecule has 5 heteroatoms. The molecule has 1 aromatic rings. The first-order valence-corrected chi connectivity index (χ1v) is 5.41. The second-order valence-corrected chi connectivity index (χ2v) is 3.87. The summed E-state index contributed by atoms with van der Waals surface area (Å²) < 4.78 is 10.8. The van der Waals surface area contributed by atoms with Crippen molar-refractivity contribution in [2.75, 3.05) is 37.4 Å². The van der Waals surface area contributed by atoms with Crippen molar-refractivity contribution in [2.24, 2.45) is 0 Å². The summed E-state index contributed by atoms with van der Waals surface area (Å²) in [5.74, 6) is 0.820. The molecule has 2 heterocycles. The third-order valence-corrected chi connectivity index (χ3v) is 2.55. The van der Waals surface area contributed by atoms with Crippen molar-refractivity contribution in [1.29, 1.82) is 0 Å². The summed E-state index contributed by atoms with van der Waals surface area (Å²) in [5.41, 5.74) is 7.43. The Bertz CT molecular complexity index is 351. The number of hydrogen-bond donors (Lipinski definition) is 2. The normalized spacial score (nSPS) is 20.7. The predicted molar refractivity (Wildman–Crippen MR) is 62.4 cm³/mol. The van der Waals surface area contributed by atoms with Crippen LogP contribution in [-0.4, -0.2) is 37.5 Å². The van der Waals surface area contributed by atoms with E-state index in [1.54, 1.807) is 6.20 Å². The maximum atomic E-state index is 5.69. The Balaban J connectivity index is 1.86. The van der Waals surface area contributed by atoms with Gasteiger partial charge in [0.2, 0.25) is 0 Å². The Labute approximate surface area is 95.0 Å². The van der Waals surface area contributed by atoms with E-state index in [1.807, 2.05) is 13.0 Å². The van der Waals surface area contributed by atoms with Gasteiger partial charge >= 0.3 is 0 Å². The van der Waals surface area contributed by atoms with Crippen LogP contribution in [0.5, 0.6) is 0 Å². The third-order valence-electron chi connectivity index (χ3n) is 2.55. The zero-order valence-electron chi connectivity index (χ0n) is 9.40. The lowest BCUT2D eigenvalue weighted by molar-refractivity contribution is -0.0819. The molecule has 1 fully saturated rings. The van der Waals surface area contributed by atoms with Crippen molar-refractivity contribution in [3.05, 3.63) is 17.8 Å². The van der Waals surface area contributed by atoms with Crippen LogP contribution in [0.4, 0.5) is 11.5 Å². The van der Waals surface area contributed by atoms with Crippen LogP contribution in [0.2, 0.25) is 0 Å². The maximum absolute atomic E-state index is 5.69. The van der Waals surface area contributed by atoms with Crippen LogP contribution in [-0.2, 0) is 9.47 Å². The van der Waals surface area contributed by atoms with Gasteiger partial charge in [0.05, 0.1) is 37.8 Å². The highest BCUT2D eigenvalue weighted by Crippen LogP contribution is 2.13. The van der Waals surface area contributed by atoms with E-state index in [4.69, 9.17) is 15.2 Å². The molecule has 0 spiro atoms. The van der Waals surface area contributed by atoms with Crippen molar-refractivity contribution >= 4 is 11.5 Å². The molecule has 0 saturated carbocycles. The molecule has 1 saturated heterocycles. The quantitative estimate of drug-likeness (QED) is 0.793. The van der Waals surface area contributed by atoms with E-state index in [0.717, 1.165) is 11.4 Å². The fourth-order valence-electron chi connectivity index (χ4n) is 1.54. The van der Waals surface area contributed by atoms with Crippen molar-refractivity contribution < 1.29 is 9.47 Å². The molecule has 1 aromatic heterocycles. The van der Waals surface area contributed by atoms with E-state index in [-0.39, 0.29) is 6.10 Å². The molecule has 2 rings (SSSR count). The largest absolute Gasteiger partial charge is 0.397 e. The number of aryl methyl sites for hydroxylation is 1. The Morgan fingerprint density at radius 1 is 1.56 bits per heavy atom. The minimum atomic E-state index is 0.105. The lowest BCUT2D eigenvalue weighted by atomic mass is 10.2. The SMILES string of the molecule is Cc1cc(NCC2COCCO2)ncc1N. The van der Waals surface area contributed by atoms with Gasteiger partial charge in [-0.2, -0.15) is 0 Å². The van der Waals surface area contributed by atoms with Gasteiger partial charge in [-0.25, -0.2) is 4.98 Å². The summed E-state index contributed by atoms with van der Waals surface area (Å²) in [6, 6.07) is 1.93. The summed E-state index contributed by atoms with van der Waals surface area (Å²) in [6.07, 6.45) is 1.77. The molecule has 0 bridgehead atoms. The highest BCUT2D eigenvalue weighted by Gasteiger charge is 2.13. The first-order valence-electron chi connectivity index (χ1n) is 5.41. The first kappa shape index (κ1) is 11.2. The van der Waals surface area contributed by atoms with Crippen molar-refractivity contribution in [1.82, 2.24) is 4.98 Å². The van der Waals surface area contributed by atoms with Gasteiger partial charge in [-0.1, -0.05) is 0 Å². The number of hydrogen-bond acceptors (Lipinski definition) is 5. The van der Waals surface area contributed by atoms with Crippen LogP contribution < -0.4 is 11.1 Å². The Morgan fingerprint density at radius 3 is 3.12 bits per heavy atom. The smallest absolute Gasteiger partial charge is 0.126 e. The molecular weight excluding hydrogens is 206 g/mol. The molecule has 0 aliphatic carbocycles. The predicted octanol–water partition coefficient (Wildman–Crippen LogP) is 0.800. The number of nitrogens with one attached hydrogen (secondary N) is 1. The number of nitrogens with zero attached hydrogens (tertiary/aromatic N) is 1. The second kappa shape index (κ2) is 5.14. The van der Waals surface area contributed by atoms with Crippen LogP contribution in [0.1, 0.15) is 5.56 Å². The zero-order valence-corrected chi connectivity index (χ0v) is 9.40. The second-order valence-electron chi connectivity index (χ2n) is 3.87. The Morgan fingerprint density at radius 2 is 2.44 bits per heavy atom. The Kier molecular flexibility index (Phi) is 3.58. The number of nitrogens with two attached hydrogens (primary N) is 1. The van der Waals surface area contributed by atoms with Gasteiger partial charge in [0.15, 0.2) is 0 Å². The van der Waals surface area contributed by atoms with E-state index < -0.39 is 0 Å². The highest BCUT2D eigenvalue weighted by molar-refractivity contribution is 5.50. The summed E-state index contributed by atoms with van der Waals surface area (Å²) in [4.78, 5) is 4.19. The number of aromatic nitrogens is 1. The molecule has 16 heavy (non-hydrogen) atoms. The molecular formula is C11H17N3O2. The molecule has 5 nitrogen and oxygen atoms in total. The van der Waals surface area contributed by atoms with Crippen LogP contribution in [0.15, 0.2) is 12.3 Å². The van der Waals surface area contributed by atoms with Crippen LogP contribution in [0, 0.1) is 6.92 Å². The standard InChI is InChI=1S/C11H17N3O2/c1-8-4-11(14-6-10(8)12)13-5-9-7-15-2-3-16-9/h4,6,9H,2-3,5,7,12H2,1H3,(H,13,14). The Hall–Kier alpha value is -1.33. The fraction of sp³-hybridized carbons (Fsp3) is 0.545. The maximum Gasteiger partial charge on any atom is 0.126 e. The number of rotatable bonds is 3. The first-order chi connectivity index (χ1) is 7.75. The zero-order chi connectivity index (χ0) is 11.4. The number of ether oxygens (including phenoxy) is 2. The highest BCUT2D eigenvalue weighted by atomic mass is 16.6. The van der Waals surface area contributed by atoms with E-state index in [0.29, 0.717) is 32.1 Å². The minimum Gasteiger partial charge on any atom is -0.397 e. The van der Waals surface area contributed by atoms with Gasteiger partial charge in [0.1, 0.15) is 5.82 Å². The fourth-order valence-corrected chi connectivity index (χ4v) is 1.54. The summed E-state index contributed by atoms with van der Waals surface area (Å²) in [6.45, 7) is 4.66. The van der Waals surface area contributed by atoms with E-state index in [9.17, 15) is 0 Å². The molecule has 88 valence electrons. The van der Waals surface area contributed by atoms with Gasteiger partial charge in [0, 0.05) is 6.54 Å². The van der Waals surface area contributed by atoms with Gasteiger partial charge in [-0.05, 0) is 18.6 Å². The van der Waals surface area contributed by atoms with Crippen molar-refractivity contribution in [3.63, 3.8) is 0 Å². The van der Waals surface area contributed by atoms with Crippen molar-refractivity contribution in [3.8, 4) is 0 Å². The molecule has 1 aliphatic heterocycles. The number of pyridine rings is 1. The van der Waals surface area contributed by atoms with Crippen LogP contribution >= 0.6 is 0 Å². The monoisotopic (exact) mass is 223 g/mol. The number of nitrogen functional groups attached to an aromatic ring is 1. The van der Waals surface area contributed by atoms with Gasteiger partial charge in [-0.3, -0.25) is 0 Å². The lowest BCUT2D eigenvalue weighted by Gasteiger charge is -2.23. The molecule has 1 atom stereocenters. The molecule has 0 radical (unpaired) electrons. The van der Waals surface area contributed by atoms with E-state index in [1.165, 1.54) is 0 Å².